The first-order chi connectivity index (χ1) is 20.5. The third-order valence-electron chi connectivity index (χ3n) is 9.06. The average molecular weight is 576 g/mol. The molecule has 0 N–H and O–H groups in total. The molecular weight excluding hydrogens is 545 g/mol. The van der Waals surface area contributed by atoms with E-state index in [0.717, 1.165) is 32.7 Å². The number of benzene rings is 6. The van der Waals surface area contributed by atoms with Gasteiger partial charge in [-0.25, -0.2) is 0 Å². The summed E-state index contributed by atoms with van der Waals surface area (Å²) in [5.74, 6) is 0. The van der Waals surface area contributed by atoms with E-state index >= 15 is 4.57 Å². The first kappa shape index (κ1) is 25.3. The number of aromatic nitrogens is 1. The van der Waals surface area contributed by atoms with Gasteiger partial charge in [0, 0.05) is 32.4 Å². The third-order valence-corrected chi connectivity index (χ3v) is 16.2. The monoisotopic (exact) mass is 575 g/mol. The molecule has 1 atom stereocenters. The van der Waals surface area contributed by atoms with Crippen LogP contribution in [0.1, 0.15) is 0 Å². The summed E-state index contributed by atoms with van der Waals surface area (Å²) >= 11 is 0. The van der Waals surface area contributed by atoms with Crippen molar-refractivity contribution >= 4 is 63.3 Å². The summed E-state index contributed by atoms with van der Waals surface area (Å²) in [6, 6.07) is 51.3. The van der Waals surface area contributed by atoms with Crippen molar-refractivity contribution in [3.05, 3.63) is 146 Å². The van der Waals surface area contributed by atoms with Crippen LogP contribution >= 0.6 is 7.14 Å². The second-order valence-corrected chi connectivity index (χ2v) is 18.8. The van der Waals surface area contributed by atoms with E-state index in [2.05, 4.69) is 127 Å². The number of fused-ring (bicyclic) bond motifs is 5. The summed E-state index contributed by atoms with van der Waals surface area (Å²) in [6.07, 6.45) is 0. The highest BCUT2D eigenvalue weighted by atomic mass is 31.2. The Labute approximate surface area is 247 Å². The van der Waals surface area contributed by atoms with Crippen LogP contribution in [0.4, 0.5) is 0 Å². The summed E-state index contributed by atoms with van der Waals surface area (Å²) in [6.45, 7) is 4.78. The van der Waals surface area contributed by atoms with E-state index < -0.39 is 15.2 Å². The fraction of sp³-hybridized carbons (Fsp3) is 0.0526. The molecule has 1 aliphatic heterocycles. The van der Waals surface area contributed by atoms with Crippen LogP contribution in [0.15, 0.2) is 146 Å². The molecule has 1 aliphatic rings. The van der Waals surface area contributed by atoms with E-state index in [1.165, 1.54) is 32.2 Å². The predicted octanol–water partition coefficient (Wildman–Crippen LogP) is 7.23. The third kappa shape index (κ3) is 3.54. The minimum Gasteiger partial charge on any atom is -0.309 e. The highest BCUT2D eigenvalue weighted by Crippen LogP contribution is 2.45. The van der Waals surface area contributed by atoms with Gasteiger partial charge in [0.25, 0.3) is 0 Å². The molecule has 0 aliphatic carbocycles. The molecule has 8 rings (SSSR count). The average Bonchev–Trinajstić information content (AvgIpc) is 3.38. The standard InChI is InChI=1S/C38H30NOPSi/c1-42(2)37-22-11-10-21-35(37)41(40,30-15-4-3-5-16-30)36-26-28(23-24-38(36)42)27-13-12-14-29(25-27)39-33-19-8-6-17-31(33)32-18-7-9-20-34(32)39/h3-26H,1-2H3. The second kappa shape index (κ2) is 9.29. The molecule has 0 bridgehead atoms. The van der Waals surface area contributed by atoms with Crippen molar-refractivity contribution in [1.29, 1.82) is 0 Å². The van der Waals surface area contributed by atoms with Crippen LogP contribution in [0.25, 0.3) is 38.6 Å². The quantitative estimate of drug-likeness (QED) is 0.161. The Morgan fingerprint density at radius 2 is 1.12 bits per heavy atom. The van der Waals surface area contributed by atoms with Crippen molar-refractivity contribution in [3.8, 4) is 16.8 Å². The molecule has 1 unspecified atom stereocenters. The van der Waals surface area contributed by atoms with Crippen LogP contribution < -0.4 is 26.3 Å². The lowest BCUT2D eigenvalue weighted by Crippen LogP contribution is -2.67. The minimum atomic E-state index is -3.07. The summed E-state index contributed by atoms with van der Waals surface area (Å²) in [4.78, 5) is 0. The lowest BCUT2D eigenvalue weighted by molar-refractivity contribution is 0.592. The topological polar surface area (TPSA) is 22.0 Å². The van der Waals surface area contributed by atoms with Crippen LogP contribution in [0.5, 0.6) is 0 Å². The molecule has 0 saturated heterocycles. The molecule has 42 heavy (non-hydrogen) atoms. The Kier molecular flexibility index (Phi) is 5.59. The zero-order valence-electron chi connectivity index (χ0n) is 23.7. The molecule has 2 nitrogen and oxygen atoms in total. The first-order valence-corrected chi connectivity index (χ1v) is 19.2. The second-order valence-electron chi connectivity index (χ2n) is 11.7. The Balaban J connectivity index is 1.35. The van der Waals surface area contributed by atoms with E-state index in [9.17, 15) is 0 Å². The van der Waals surface area contributed by atoms with Gasteiger partial charge < -0.3 is 9.13 Å². The van der Waals surface area contributed by atoms with Crippen LogP contribution in [-0.4, -0.2) is 12.6 Å². The van der Waals surface area contributed by atoms with Gasteiger partial charge in [0.05, 0.1) is 11.0 Å². The lowest BCUT2D eigenvalue weighted by atomic mass is 10.0. The molecule has 4 heteroatoms. The SMILES string of the molecule is C[Si]1(C)c2ccccc2P(=O)(c2ccccc2)c2cc(-c3cccc(-n4c5ccccc5c5ccccc54)c3)ccc21. The Hall–Kier alpha value is -4.43. The van der Waals surface area contributed by atoms with Crippen molar-refractivity contribution in [2.24, 2.45) is 0 Å². The number of hydrogen-bond acceptors (Lipinski definition) is 1. The van der Waals surface area contributed by atoms with Gasteiger partial charge in [-0.15, -0.1) is 0 Å². The molecular formula is C38H30NOPSi. The van der Waals surface area contributed by atoms with Gasteiger partial charge in [-0.1, -0.05) is 128 Å². The van der Waals surface area contributed by atoms with Gasteiger partial charge in [0.2, 0.25) is 0 Å². The summed E-state index contributed by atoms with van der Waals surface area (Å²) in [5.41, 5.74) is 5.72. The zero-order chi connectivity index (χ0) is 28.5. The molecule has 0 amide bonds. The number of rotatable bonds is 3. The lowest BCUT2D eigenvalue weighted by Gasteiger charge is -2.38. The first-order valence-electron chi connectivity index (χ1n) is 14.5. The maximum Gasteiger partial charge on any atom is 0.170 e. The Morgan fingerprint density at radius 1 is 0.524 bits per heavy atom. The van der Waals surface area contributed by atoms with Gasteiger partial charge in [-0.05, 0) is 51.8 Å². The molecule has 1 aromatic heterocycles. The molecule has 7 aromatic rings. The van der Waals surface area contributed by atoms with Crippen LogP contribution in [0.2, 0.25) is 13.1 Å². The van der Waals surface area contributed by atoms with Crippen LogP contribution in [0, 0.1) is 0 Å². The van der Waals surface area contributed by atoms with Gasteiger partial charge in [0.1, 0.15) is 8.07 Å². The van der Waals surface area contributed by atoms with E-state index in [-0.39, 0.29) is 0 Å². The summed E-state index contributed by atoms with van der Waals surface area (Å²) in [7, 11) is -5.14. The van der Waals surface area contributed by atoms with Crippen molar-refractivity contribution in [3.63, 3.8) is 0 Å². The minimum absolute atomic E-state index is 0.902. The van der Waals surface area contributed by atoms with E-state index in [0.29, 0.717) is 0 Å². The maximum absolute atomic E-state index is 15.5. The van der Waals surface area contributed by atoms with E-state index in [1.54, 1.807) is 0 Å². The van der Waals surface area contributed by atoms with Crippen molar-refractivity contribution < 1.29 is 4.57 Å². The molecule has 0 saturated carbocycles. The smallest absolute Gasteiger partial charge is 0.170 e. The van der Waals surface area contributed by atoms with Crippen LogP contribution in [0.3, 0.4) is 0 Å². The summed E-state index contributed by atoms with van der Waals surface area (Å²) in [5, 5.41) is 7.98. The highest BCUT2D eigenvalue weighted by molar-refractivity contribution is 7.86. The predicted molar refractivity (Wildman–Crippen MR) is 182 cm³/mol. The molecule has 0 spiro atoms. The van der Waals surface area contributed by atoms with Crippen molar-refractivity contribution in [2.75, 3.05) is 0 Å². The fourth-order valence-corrected chi connectivity index (χ4v) is 15.2. The number of hydrogen-bond donors (Lipinski definition) is 0. The van der Waals surface area contributed by atoms with E-state index in [1.807, 2.05) is 36.4 Å². The highest BCUT2D eigenvalue weighted by Gasteiger charge is 2.45. The normalized spacial score (nSPS) is 17.2. The van der Waals surface area contributed by atoms with Gasteiger partial charge in [-0.3, -0.25) is 0 Å². The largest absolute Gasteiger partial charge is 0.309 e. The zero-order valence-corrected chi connectivity index (χ0v) is 25.6. The van der Waals surface area contributed by atoms with Gasteiger partial charge in [-0.2, -0.15) is 0 Å². The number of nitrogens with zero attached hydrogens (tertiary/aromatic N) is 1. The van der Waals surface area contributed by atoms with Gasteiger partial charge in [0.15, 0.2) is 7.14 Å². The van der Waals surface area contributed by atoms with Crippen molar-refractivity contribution in [2.45, 2.75) is 13.1 Å². The van der Waals surface area contributed by atoms with E-state index in [4.69, 9.17) is 0 Å². The van der Waals surface area contributed by atoms with Gasteiger partial charge >= 0.3 is 0 Å². The fourth-order valence-electron chi connectivity index (χ4n) is 6.99. The maximum atomic E-state index is 15.5. The molecule has 0 fully saturated rings. The van der Waals surface area contributed by atoms with Crippen molar-refractivity contribution in [1.82, 2.24) is 4.57 Å². The Bertz CT molecular complexity index is 2160. The summed E-state index contributed by atoms with van der Waals surface area (Å²) < 4.78 is 17.9. The molecule has 0 radical (unpaired) electrons. The van der Waals surface area contributed by atoms with Crippen LogP contribution in [-0.2, 0) is 4.57 Å². The Morgan fingerprint density at radius 3 is 1.86 bits per heavy atom. The molecule has 6 aromatic carbocycles. The molecule has 2 heterocycles. The molecule has 202 valence electrons. The number of para-hydroxylation sites is 2.